The molecule has 0 aliphatic carbocycles. The molecule has 0 amide bonds. The molecule has 1 aliphatic heterocycles. The van der Waals surface area contributed by atoms with Gasteiger partial charge in [-0.2, -0.15) is 0 Å². The number of ether oxygens (including phenoxy) is 1. The highest BCUT2D eigenvalue weighted by Crippen LogP contribution is 2.26. The Kier molecular flexibility index (Phi) is 4.10. The van der Waals surface area contributed by atoms with Crippen LogP contribution in [0.4, 0.5) is 4.39 Å². The van der Waals surface area contributed by atoms with Gasteiger partial charge in [-0.1, -0.05) is 12.1 Å². The quantitative estimate of drug-likeness (QED) is 0.623. The predicted octanol–water partition coefficient (Wildman–Crippen LogP) is 2.07. The van der Waals surface area contributed by atoms with E-state index in [1.165, 1.54) is 0 Å². The molecule has 3 N–H and O–H groups in total. The van der Waals surface area contributed by atoms with Crippen LogP contribution < -0.4 is 11.3 Å². The molecule has 0 saturated carbocycles. The second-order valence-corrected chi connectivity index (χ2v) is 4.69. The van der Waals surface area contributed by atoms with Gasteiger partial charge in [-0.15, -0.1) is 0 Å². The van der Waals surface area contributed by atoms with E-state index in [4.69, 9.17) is 10.6 Å². The van der Waals surface area contributed by atoms with Crippen LogP contribution in [0, 0.1) is 18.7 Å². The first-order valence-corrected chi connectivity index (χ1v) is 6.00. The van der Waals surface area contributed by atoms with E-state index in [9.17, 15) is 4.39 Å². The van der Waals surface area contributed by atoms with E-state index in [0.29, 0.717) is 11.5 Å². The van der Waals surface area contributed by atoms with Crippen molar-refractivity contribution in [3.8, 4) is 0 Å². The largest absolute Gasteiger partial charge is 0.381 e. The summed E-state index contributed by atoms with van der Waals surface area (Å²) in [6, 6.07) is 5.28. The Hall–Kier alpha value is -0.970. The zero-order valence-corrected chi connectivity index (χ0v) is 10.1. The molecule has 2 atom stereocenters. The first kappa shape index (κ1) is 12.5. The van der Waals surface area contributed by atoms with Crippen molar-refractivity contribution in [3.05, 3.63) is 35.1 Å². The molecule has 0 aromatic heterocycles. The third kappa shape index (κ3) is 3.03. The summed E-state index contributed by atoms with van der Waals surface area (Å²) < 4.78 is 18.8. The Bertz CT molecular complexity index is 378. The average Bonchev–Trinajstić information content (AvgIpc) is 2.82. The fraction of sp³-hybridized carbons (Fsp3) is 0.538. The fourth-order valence-corrected chi connectivity index (χ4v) is 2.23. The maximum absolute atomic E-state index is 13.5. The summed E-state index contributed by atoms with van der Waals surface area (Å²) in [5.74, 6) is 5.90. The van der Waals surface area contributed by atoms with E-state index in [-0.39, 0.29) is 11.9 Å². The minimum absolute atomic E-state index is 0.00296. The van der Waals surface area contributed by atoms with Gasteiger partial charge in [-0.3, -0.25) is 11.3 Å². The molecule has 94 valence electrons. The lowest BCUT2D eigenvalue weighted by molar-refractivity contribution is 0.181. The molecule has 4 heteroatoms. The summed E-state index contributed by atoms with van der Waals surface area (Å²) in [6.07, 6.45) is 1.95. The van der Waals surface area contributed by atoms with Gasteiger partial charge in [-0.05, 0) is 42.9 Å². The number of hydrogen-bond donors (Lipinski definition) is 2. The maximum atomic E-state index is 13.5. The van der Waals surface area contributed by atoms with E-state index in [2.05, 4.69) is 5.43 Å². The van der Waals surface area contributed by atoms with Crippen molar-refractivity contribution < 1.29 is 9.13 Å². The Morgan fingerprint density at radius 2 is 2.41 bits per heavy atom. The highest BCUT2D eigenvalue weighted by molar-refractivity contribution is 5.25. The van der Waals surface area contributed by atoms with Crippen LogP contribution >= 0.6 is 0 Å². The predicted molar refractivity (Wildman–Crippen MR) is 64.7 cm³/mol. The van der Waals surface area contributed by atoms with Gasteiger partial charge in [0.2, 0.25) is 0 Å². The van der Waals surface area contributed by atoms with Gasteiger partial charge in [0, 0.05) is 19.3 Å². The van der Waals surface area contributed by atoms with E-state index >= 15 is 0 Å². The van der Waals surface area contributed by atoms with E-state index in [1.54, 1.807) is 19.1 Å². The molecule has 2 rings (SSSR count). The summed E-state index contributed by atoms with van der Waals surface area (Å²) >= 11 is 0. The molecule has 1 heterocycles. The first-order valence-electron chi connectivity index (χ1n) is 6.00. The van der Waals surface area contributed by atoms with Crippen molar-refractivity contribution in [2.24, 2.45) is 11.8 Å². The number of hydrazine groups is 1. The van der Waals surface area contributed by atoms with E-state index in [0.717, 1.165) is 31.6 Å². The minimum Gasteiger partial charge on any atom is -0.381 e. The summed E-state index contributed by atoms with van der Waals surface area (Å²) in [7, 11) is 0. The van der Waals surface area contributed by atoms with E-state index in [1.807, 2.05) is 6.07 Å². The van der Waals surface area contributed by atoms with Gasteiger partial charge in [-0.25, -0.2) is 4.39 Å². The Balaban J connectivity index is 2.08. The van der Waals surface area contributed by atoms with Crippen LogP contribution in [0.1, 0.15) is 30.0 Å². The van der Waals surface area contributed by atoms with Crippen molar-refractivity contribution >= 4 is 0 Å². The standard InChI is InChI=1S/C13H19FN2O/c1-9-2-3-11(7-12(9)14)13(16-15)6-10-4-5-17-8-10/h2-3,7,10,13,16H,4-6,8,15H2,1H3. The van der Waals surface area contributed by atoms with Crippen LogP contribution in [0.2, 0.25) is 0 Å². The first-order chi connectivity index (χ1) is 8.20. The molecule has 0 radical (unpaired) electrons. The molecule has 3 nitrogen and oxygen atoms in total. The van der Waals surface area contributed by atoms with Crippen LogP contribution in [0.25, 0.3) is 0 Å². The van der Waals surface area contributed by atoms with Gasteiger partial charge < -0.3 is 4.74 Å². The van der Waals surface area contributed by atoms with Crippen LogP contribution in [0.15, 0.2) is 18.2 Å². The summed E-state index contributed by atoms with van der Waals surface area (Å²) in [4.78, 5) is 0. The van der Waals surface area contributed by atoms with Gasteiger partial charge in [0.1, 0.15) is 5.82 Å². The third-order valence-corrected chi connectivity index (χ3v) is 3.39. The number of aryl methyl sites for hydroxylation is 1. The number of rotatable bonds is 4. The Labute approximate surface area is 101 Å². The highest BCUT2D eigenvalue weighted by atomic mass is 19.1. The van der Waals surface area contributed by atoms with Crippen molar-refractivity contribution in [2.45, 2.75) is 25.8 Å². The molecule has 1 aromatic rings. The Morgan fingerprint density at radius 3 is 3.00 bits per heavy atom. The zero-order chi connectivity index (χ0) is 12.3. The summed E-state index contributed by atoms with van der Waals surface area (Å²) in [6.45, 7) is 3.37. The molecule has 2 unspecified atom stereocenters. The highest BCUT2D eigenvalue weighted by Gasteiger charge is 2.21. The summed E-state index contributed by atoms with van der Waals surface area (Å²) in [5, 5.41) is 0. The van der Waals surface area contributed by atoms with Gasteiger partial charge in [0.25, 0.3) is 0 Å². The number of halogens is 1. The van der Waals surface area contributed by atoms with Crippen LogP contribution in [0.3, 0.4) is 0 Å². The summed E-state index contributed by atoms with van der Waals surface area (Å²) in [5.41, 5.74) is 4.34. The van der Waals surface area contributed by atoms with Crippen molar-refractivity contribution in [1.82, 2.24) is 5.43 Å². The molecule has 0 bridgehead atoms. The molecule has 17 heavy (non-hydrogen) atoms. The lowest BCUT2D eigenvalue weighted by Gasteiger charge is -2.19. The number of nitrogens with two attached hydrogens (primary N) is 1. The lowest BCUT2D eigenvalue weighted by Crippen LogP contribution is -2.30. The number of benzene rings is 1. The van der Waals surface area contributed by atoms with Crippen molar-refractivity contribution in [1.29, 1.82) is 0 Å². The fourth-order valence-electron chi connectivity index (χ4n) is 2.23. The van der Waals surface area contributed by atoms with Crippen molar-refractivity contribution in [3.63, 3.8) is 0 Å². The normalized spacial score (nSPS) is 21.7. The Morgan fingerprint density at radius 1 is 1.59 bits per heavy atom. The van der Waals surface area contributed by atoms with Crippen LogP contribution in [-0.2, 0) is 4.74 Å². The van der Waals surface area contributed by atoms with Gasteiger partial charge in [0.05, 0.1) is 0 Å². The topological polar surface area (TPSA) is 47.3 Å². The lowest BCUT2D eigenvalue weighted by atomic mass is 9.94. The molecule has 1 saturated heterocycles. The second kappa shape index (κ2) is 5.58. The van der Waals surface area contributed by atoms with E-state index < -0.39 is 0 Å². The molecule has 1 fully saturated rings. The number of hydrogen-bond acceptors (Lipinski definition) is 3. The van der Waals surface area contributed by atoms with Gasteiger partial charge in [0.15, 0.2) is 0 Å². The smallest absolute Gasteiger partial charge is 0.126 e. The maximum Gasteiger partial charge on any atom is 0.126 e. The molecule has 1 aliphatic rings. The molecular weight excluding hydrogens is 219 g/mol. The third-order valence-electron chi connectivity index (χ3n) is 3.39. The van der Waals surface area contributed by atoms with Gasteiger partial charge >= 0.3 is 0 Å². The van der Waals surface area contributed by atoms with Crippen LogP contribution in [0.5, 0.6) is 0 Å². The molecule has 0 spiro atoms. The number of nitrogens with one attached hydrogen (secondary N) is 1. The molecule has 1 aromatic carbocycles. The van der Waals surface area contributed by atoms with Crippen LogP contribution in [-0.4, -0.2) is 13.2 Å². The monoisotopic (exact) mass is 238 g/mol. The zero-order valence-electron chi connectivity index (χ0n) is 10.1. The SMILES string of the molecule is Cc1ccc(C(CC2CCOC2)NN)cc1F. The van der Waals surface area contributed by atoms with Crippen molar-refractivity contribution in [2.75, 3.05) is 13.2 Å². The average molecular weight is 238 g/mol. The second-order valence-electron chi connectivity index (χ2n) is 4.69. The minimum atomic E-state index is -0.176. The molecular formula is C13H19FN2O.